The van der Waals surface area contributed by atoms with Crippen LogP contribution >= 0.6 is 0 Å². The van der Waals surface area contributed by atoms with Gasteiger partial charge in [-0.05, 0) is 32.9 Å². The number of esters is 1. The van der Waals surface area contributed by atoms with E-state index in [4.69, 9.17) is 9.84 Å². The quantitative estimate of drug-likeness (QED) is 0.833. The summed E-state index contributed by atoms with van der Waals surface area (Å²) >= 11 is 0. The topological polar surface area (TPSA) is 79.7 Å². The van der Waals surface area contributed by atoms with E-state index < -0.39 is 17.5 Å². The number of pyridine rings is 1. The Kier molecular flexibility index (Phi) is 4.47. The van der Waals surface area contributed by atoms with Gasteiger partial charge in [0.05, 0.1) is 7.11 Å². The number of carbonyl (C=O) groups is 2. The number of nitrogens with zero attached hydrogens (tertiary/aromatic N) is 2. The molecule has 0 amide bonds. The molecule has 6 heteroatoms. The van der Waals surface area contributed by atoms with Gasteiger partial charge < -0.3 is 14.7 Å². The normalized spacial score (nSPS) is 10.9. The van der Waals surface area contributed by atoms with Crippen molar-refractivity contribution in [2.24, 2.45) is 0 Å². The Morgan fingerprint density at radius 2 is 2.05 bits per heavy atom. The third-order valence-corrected chi connectivity index (χ3v) is 2.55. The molecule has 104 valence electrons. The first kappa shape index (κ1) is 14.9. The summed E-state index contributed by atoms with van der Waals surface area (Å²) in [6.07, 6.45) is 1.52. The van der Waals surface area contributed by atoms with Crippen molar-refractivity contribution in [1.82, 2.24) is 4.98 Å². The van der Waals surface area contributed by atoms with E-state index in [1.165, 1.54) is 13.3 Å². The molecule has 0 aliphatic rings. The SMILES string of the molecule is COC(=O)c1cccnc1N(CC(=O)O)C(C)(C)C. The van der Waals surface area contributed by atoms with E-state index in [0.717, 1.165) is 0 Å². The zero-order valence-corrected chi connectivity index (χ0v) is 11.5. The summed E-state index contributed by atoms with van der Waals surface area (Å²) in [5.41, 5.74) is -0.239. The van der Waals surface area contributed by atoms with Crippen molar-refractivity contribution >= 4 is 17.8 Å². The Labute approximate surface area is 112 Å². The number of anilines is 1. The Hall–Kier alpha value is -2.11. The van der Waals surface area contributed by atoms with E-state index in [9.17, 15) is 9.59 Å². The molecule has 0 aliphatic carbocycles. The van der Waals surface area contributed by atoms with Crippen LogP contribution in [0.25, 0.3) is 0 Å². The molecule has 1 heterocycles. The summed E-state index contributed by atoms with van der Waals surface area (Å²) in [5.74, 6) is -1.22. The standard InChI is InChI=1S/C13H18N2O4/c1-13(2,3)15(8-10(16)17)11-9(12(18)19-4)6-5-7-14-11/h5-7H,8H2,1-4H3,(H,16,17). The van der Waals surface area contributed by atoms with Crippen molar-refractivity contribution in [1.29, 1.82) is 0 Å². The lowest BCUT2D eigenvalue weighted by Gasteiger charge is -2.36. The molecule has 0 atom stereocenters. The highest BCUT2D eigenvalue weighted by molar-refractivity contribution is 5.95. The number of aromatic nitrogens is 1. The predicted octanol–water partition coefficient (Wildman–Crippen LogP) is 1.56. The second-order valence-electron chi connectivity index (χ2n) is 5.02. The van der Waals surface area contributed by atoms with Gasteiger partial charge in [-0.1, -0.05) is 0 Å². The van der Waals surface area contributed by atoms with Gasteiger partial charge in [-0.2, -0.15) is 0 Å². The fourth-order valence-corrected chi connectivity index (χ4v) is 1.65. The number of carboxylic acid groups (broad SMARTS) is 1. The van der Waals surface area contributed by atoms with Crippen molar-refractivity contribution in [3.05, 3.63) is 23.9 Å². The predicted molar refractivity (Wildman–Crippen MR) is 70.3 cm³/mol. The van der Waals surface area contributed by atoms with Crippen LogP contribution < -0.4 is 4.90 Å². The van der Waals surface area contributed by atoms with E-state index >= 15 is 0 Å². The van der Waals surface area contributed by atoms with E-state index in [-0.39, 0.29) is 12.1 Å². The molecule has 0 saturated heterocycles. The number of carboxylic acids is 1. The average molecular weight is 266 g/mol. The molecule has 1 N–H and O–H groups in total. The van der Waals surface area contributed by atoms with Gasteiger partial charge in [-0.25, -0.2) is 9.78 Å². The first-order valence-corrected chi connectivity index (χ1v) is 5.80. The smallest absolute Gasteiger partial charge is 0.341 e. The van der Waals surface area contributed by atoms with E-state index in [1.807, 2.05) is 20.8 Å². The van der Waals surface area contributed by atoms with Gasteiger partial charge in [0.25, 0.3) is 0 Å². The van der Waals surface area contributed by atoms with Crippen molar-refractivity contribution < 1.29 is 19.4 Å². The average Bonchev–Trinajstić information content (AvgIpc) is 2.33. The lowest BCUT2D eigenvalue weighted by molar-refractivity contribution is -0.135. The van der Waals surface area contributed by atoms with Gasteiger partial charge in [-0.3, -0.25) is 4.79 Å². The number of hydrogen-bond donors (Lipinski definition) is 1. The Balaban J connectivity index is 3.30. The van der Waals surface area contributed by atoms with Crippen molar-refractivity contribution in [3.63, 3.8) is 0 Å². The van der Waals surface area contributed by atoms with Crippen molar-refractivity contribution in [2.45, 2.75) is 26.3 Å². The van der Waals surface area contributed by atoms with Crippen molar-refractivity contribution in [2.75, 3.05) is 18.6 Å². The molecule has 19 heavy (non-hydrogen) atoms. The second kappa shape index (κ2) is 5.69. The van der Waals surface area contributed by atoms with Crippen LogP contribution in [-0.2, 0) is 9.53 Å². The highest BCUT2D eigenvalue weighted by Crippen LogP contribution is 2.25. The lowest BCUT2D eigenvalue weighted by Crippen LogP contribution is -2.45. The molecule has 0 saturated carbocycles. The first-order valence-electron chi connectivity index (χ1n) is 5.80. The number of methoxy groups -OCH3 is 1. The van der Waals surface area contributed by atoms with Crippen LogP contribution in [0.2, 0.25) is 0 Å². The minimum absolute atomic E-state index is 0.246. The van der Waals surface area contributed by atoms with Crippen LogP contribution in [-0.4, -0.2) is 41.2 Å². The molecule has 1 aromatic rings. The molecule has 0 fully saturated rings. The Bertz CT molecular complexity index is 480. The Morgan fingerprint density at radius 1 is 1.42 bits per heavy atom. The molecule has 0 aromatic carbocycles. The molecule has 0 aliphatic heterocycles. The molecular formula is C13H18N2O4. The molecule has 0 spiro atoms. The maximum absolute atomic E-state index is 11.7. The summed E-state index contributed by atoms with van der Waals surface area (Å²) in [7, 11) is 1.28. The van der Waals surface area contributed by atoms with Crippen molar-refractivity contribution in [3.8, 4) is 0 Å². The van der Waals surface area contributed by atoms with Crippen LogP contribution in [0.3, 0.4) is 0 Å². The number of rotatable bonds is 4. The van der Waals surface area contributed by atoms with Gasteiger partial charge in [-0.15, -0.1) is 0 Å². The van der Waals surface area contributed by atoms with Crippen LogP contribution in [0.4, 0.5) is 5.82 Å². The maximum atomic E-state index is 11.7. The number of hydrogen-bond acceptors (Lipinski definition) is 5. The highest BCUT2D eigenvalue weighted by atomic mass is 16.5. The molecule has 1 rings (SSSR count). The van der Waals surface area contributed by atoms with Gasteiger partial charge in [0.15, 0.2) is 0 Å². The lowest BCUT2D eigenvalue weighted by atomic mass is 10.0. The summed E-state index contributed by atoms with van der Waals surface area (Å²) in [6, 6.07) is 3.17. The fourth-order valence-electron chi connectivity index (χ4n) is 1.65. The number of aliphatic carboxylic acids is 1. The summed E-state index contributed by atoms with van der Waals surface area (Å²) < 4.78 is 4.69. The van der Waals surface area contributed by atoms with Crippen LogP contribution in [0.5, 0.6) is 0 Å². The van der Waals surface area contributed by atoms with E-state index in [1.54, 1.807) is 17.0 Å². The second-order valence-corrected chi connectivity index (χ2v) is 5.02. The minimum Gasteiger partial charge on any atom is -0.480 e. The zero-order valence-electron chi connectivity index (χ0n) is 11.5. The molecule has 6 nitrogen and oxygen atoms in total. The minimum atomic E-state index is -0.989. The molecular weight excluding hydrogens is 248 g/mol. The summed E-state index contributed by atoms with van der Waals surface area (Å²) in [5, 5.41) is 9.01. The molecule has 0 bridgehead atoms. The number of carbonyl (C=O) groups excluding carboxylic acids is 1. The first-order chi connectivity index (χ1) is 8.77. The zero-order chi connectivity index (χ0) is 14.6. The van der Waals surface area contributed by atoms with Gasteiger partial charge in [0.1, 0.15) is 17.9 Å². The monoisotopic (exact) mass is 266 g/mol. The Morgan fingerprint density at radius 3 is 2.53 bits per heavy atom. The third-order valence-electron chi connectivity index (χ3n) is 2.55. The third kappa shape index (κ3) is 3.67. The largest absolute Gasteiger partial charge is 0.480 e. The van der Waals surface area contributed by atoms with Gasteiger partial charge in [0.2, 0.25) is 0 Å². The highest BCUT2D eigenvalue weighted by Gasteiger charge is 2.28. The molecule has 0 radical (unpaired) electrons. The number of ether oxygens (including phenoxy) is 1. The van der Waals surface area contributed by atoms with E-state index in [0.29, 0.717) is 5.82 Å². The van der Waals surface area contributed by atoms with Crippen LogP contribution in [0.15, 0.2) is 18.3 Å². The maximum Gasteiger partial charge on any atom is 0.341 e. The molecule has 0 unspecified atom stereocenters. The summed E-state index contributed by atoms with van der Waals surface area (Å²) in [4.78, 5) is 28.4. The van der Waals surface area contributed by atoms with Gasteiger partial charge in [0, 0.05) is 11.7 Å². The molecule has 1 aromatic heterocycles. The fraction of sp³-hybridized carbons (Fsp3) is 0.462. The summed E-state index contributed by atoms with van der Waals surface area (Å²) in [6.45, 7) is 5.31. The van der Waals surface area contributed by atoms with E-state index in [2.05, 4.69) is 4.98 Å². The van der Waals surface area contributed by atoms with Crippen LogP contribution in [0, 0.1) is 0 Å². The van der Waals surface area contributed by atoms with Gasteiger partial charge >= 0.3 is 11.9 Å². The van der Waals surface area contributed by atoms with Crippen LogP contribution in [0.1, 0.15) is 31.1 Å².